The molecule has 0 saturated carbocycles. The molecule has 0 atom stereocenters. The minimum Gasteiger partial charge on any atom is -0.383 e. The Hall–Kier alpha value is -4.28. The Morgan fingerprint density at radius 1 is 1.25 bits per heavy atom. The smallest absolute Gasteiger partial charge is 0.279 e. The van der Waals surface area contributed by atoms with Crippen LogP contribution in [0, 0.1) is 6.92 Å². The summed E-state index contributed by atoms with van der Waals surface area (Å²) in [5.41, 5.74) is 11.5. The van der Waals surface area contributed by atoms with E-state index < -0.39 is 5.91 Å². The van der Waals surface area contributed by atoms with Gasteiger partial charge in [0.05, 0.1) is 6.20 Å². The fourth-order valence-corrected chi connectivity index (χ4v) is 2.71. The van der Waals surface area contributed by atoms with E-state index in [1.807, 2.05) is 0 Å². The van der Waals surface area contributed by atoms with Crippen molar-refractivity contribution in [3.63, 3.8) is 0 Å². The van der Waals surface area contributed by atoms with Gasteiger partial charge in [0.1, 0.15) is 34.5 Å². The van der Waals surface area contributed by atoms with Crippen molar-refractivity contribution in [3.05, 3.63) is 64.6 Å². The molecule has 1 amide bonds. The molecule has 4 rings (SSSR count). The topological polar surface area (TPSA) is 159 Å². The zero-order valence-electron chi connectivity index (χ0n) is 14.7. The van der Waals surface area contributed by atoms with Crippen LogP contribution in [0.3, 0.4) is 0 Å². The van der Waals surface area contributed by atoms with Gasteiger partial charge in [-0.05, 0) is 25.1 Å². The van der Waals surface area contributed by atoms with E-state index in [4.69, 9.17) is 11.5 Å². The van der Waals surface area contributed by atoms with Crippen LogP contribution in [0.15, 0.2) is 47.7 Å². The van der Waals surface area contributed by atoms with Gasteiger partial charge in [-0.25, -0.2) is 15.0 Å². The molecule has 0 spiro atoms. The molecule has 0 radical (unpaired) electrons. The maximum absolute atomic E-state index is 12.8. The van der Waals surface area contributed by atoms with Crippen molar-refractivity contribution >= 4 is 28.9 Å². The van der Waals surface area contributed by atoms with Gasteiger partial charge in [0.25, 0.3) is 11.5 Å². The van der Waals surface area contributed by atoms with Gasteiger partial charge in [0.15, 0.2) is 5.65 Å². The van der Waals surface area contributed by atoms with Crippen LogP contribution in [-0.4, -0.2) is 35.0 Å². The number of pyridine rings is 1. The number of anilines is 3. The molecule has 0 aliphatic rings. The summed E-state index contributed by atoms with van der Waals surface area (Å²) in [4.78, 5) is 37.0. The maximum atomic E-state index is 12.8. The second kappa shape index (κ2) is 6.46. The molecule has 11 heteroatoms. The van der Waals surface area contributed by atoms with E-state index in [1.165, 1.54) is 21.3 Å². The van der Waals surface area contributed by atoms with Crippen molar-refractivity contribution < 1.29 is 4.79 Å². The van der Waals surface area contributed by atoms with Gasteiger partial charge in [-0.2, -0.15) is 9.61 Å². The quantitative estimate of drug-likeness (QED) is 0.461. The molecule has 140 valence electrons. The number of carbonyl (C=O) groups excluding carboxylic acids is 1. The van der Waals surface area contributed by atoms with E-state index in [0.29, 0.717) is 11.6 Å². The first kappa shape index (κ1) is 17.1. The average molecular weight is 377 g/mol. The molecular formula is C17H15N9O2. The predicted molar refractivity (Wildman–Crippen MR) is 102 cm³/mol. The first-order chi connectivity index (χ1) is 13.4. The molecule has 4 heterocycles. The van der Waals surface area contributed by atoms with Crippen molar-refractivity contribution in [1.82, 2.24) is 29.1 Å². The molecule has 0 aromatic carbocycles. The number of nitrogens with one attached hydrogen (secondary N) is 1. The number of fused-ring (bicyclic) bond motifs is 1. The Labute approximate surface area is 157 Å². The highest BCUT2D eigenvalue weighted by molar-refractivity contribution is 5.98. The Morgan fingerprint density at radius 3 is 2.82 bits per heavy atom. The number of hydrogen-bond acceptors (Lipinski definition) is 8. The lowest BCUT2D eigenvalue weighted by Crippen LogP contribution is -2.21. The molecule has 0 aliphatic carbocycles. The van der Waals surface area contributed by atoms with Crippen LogP contribution in [0.4, 0.5) is 17.3 Å². The Balaban J connectivity index is 1.78. The van der Waals surface area contributed by atoms with E-state index in [0.717, 1.165) is 0 Å². The number of nitrogens with two attached hydrogens (primary N) is 2. The van der Waals surface area contributed by atoms with Gasteiger partial charge in [-0.15, -0.1) is 0 Å². The average Bonchev–Trinajstić information content (AvgIpc) is 3.08. The van der Waals surface area contributed by atoms with Crippen molar-refractivity contribution in [3.8, 4) is 5.82 Å². The normalized spacial score (nSPS) is 10.9. The second-order valence-electron chi connectivity index (χ2n) is 5.91. The monoisotopic (exact) mass is 377 g/mol. The fourth-order valence-electron chi connectivity index (χ4n) is 2.71. The summed E-state index contributed by atoms with van der Waals surface area (Å²) >= 11 is 0. The van der Waals surface area contributed by atoms with Crippen LogP contribution in [-0.2, 0) is 0 Å². The van der Waals surface area contributed by atoms with Crippen molar-refractivity contribution in [2.24, 2.45) is 5.73 Å². The van der Waals surface area contributed by atoms with Crippen LogP contribution >= 0.6 is 0 Å². The summed E-state index contributed by atoms with van der Waals surface area (Å²) in [6.07, 6.45) is 4.46. The Bertz CT molecular complexity index is 1280. The third-order valence-corrected chi connectivity index (χ3v) is 3.98. The van der Waals surface area contributed by atoms with E-state index >= 15 is 0 Å². The SMILES string of the molecule is Cc1nccc(-n2cccc(Nc3cc(N)n4ncc(C(N)=O)c4n3)c2=O)n1. The van der Waals surface area contributed by atoms with Crippen LogP contribution in [0.5, 0.6) is 0 Å². The summed E-state index contributed by atoms with van der Waals surface area (Å²) < 4.78 is 2.67. The molecule has 0 saturated heterocycles. The van der Waals surface area contributed by atoms with E-state index in [2.05, 4.69) is 25.4 Å². The second-order valence-corrected chi connectivity index (χ2v) is 5.91. The molecule has 11 nitrogen and oxygen atoms in total. The first-order valence-electron chi connectivity index (χ1n) is 8.17. The third-order valence-electron chi connectivity index (χ3n) is 3.98. The van der Waals surface area contributed by atoms with Crippen LogP contribution in [0.1, 0.15) is 16.2 Å². The predicted octanol–water partition coefficient (Wildman–Crippen LogP) is 0.403. The summed E-state index contributed by atoms with van der Waals surface area (Å²) in [6.45, 7) is 1.74. The number of hydrogen-bond donors (Lipinski definition) is 3. The van der Waals surface area contributed by atoms with Crippen molar-refractivity contribution in [2.45, 2.75) is 6.92 Å². The summed E-state index contributed by atoms with van der Waals surface area (Å²) in [5.74, 6) is 0.794. The van der Waals surface area contributed by atoms with Crippen molar-refractivity contribution in [2.75, 3.05) is 11.1 Å². The first-order valence-corrected chi connectivity index (χ1v) is 8.17. The highest BCUT2D eigenvalue weighted by atomic mass is 16.1. The van der Waals surface area contributed by atoms with E-state index in [9.17, 15) is 9.59 Å². The maximum Gasteiger partial charge on any atom is 0.279 e. The third kappa shape index (κ3) is 2.90. The highest BCUT2D eigenvalue weighted by Crippen LogP contribution is 2.19. The van der Waals surface area contributed by atoms with Gasteiger partial charge in [-0.3, -0.25) is 14.2 Å². The molecule has 0 bridgehead atoms. The lowest BCUT2D eigenvalue weighted by atomic mass is 10.3. The number of aromatic nitrogens is 6. The lowest BCUT2D eigenvalue weighted by Gasteiger charge is -2.10. The number of carbonyl (C=O) groups is 1. The van der Waals surface area contributed by atoms with E-state index in [-0.39, 0.29) is 34.1 Å². The summed E-state index contributed by atoms with van der Waals surface area (Å²) in [5, 5.41) is 6.91. The van der Waals surface area contributed by atoms with Crippen LogP contribution in [0.2, 0.25) is 0 Å². The molecule has 0 unspecified atom stereocenters. The van der Waals surface area contributed by atoms with Gasteiger partial charge < -0.3 is 16.8 Å². The van der Waals surface area contributed by atoms with Crippen LogP contribution in [0.25, 0.3) is 11.5 Å². The number of primary amides is 1. The molecule has 4 aromatic rings. The van der Waals surface area contributed by atoms with Crippen LogP contribution < -0.4 is 22.3 Å². The zero-order valence-corrected chi connectivity index (χ0v) is 14.7. The molecule has 5 N–H and O–H groups in total. The number of nitrogens with zero attached hydrogens (tertiary/aromatic N) is 6. The number of amides is 1. The van der Waals surface area contributed by atoms with Gasteiger partial charge in [0.2, 0.25) is 0 Å². The largest absolute Gasteiger partial charge is 0.383 e. The van der Waals surface area contributed by atoms with Gasteiger partial charge in [0, 0.05) is 18.5 Å². The molecule has 0 aliphatic heterocycles. The van der Waals surface area contributed by atoms with Crippen molar-refractivity contribution in [1.29, 1.82) is 0 Å². The summed E-state index contributed by atoms with van der Waals surface area (Å²) in [6, 6.07) is 6.42. The molecule has 0 fully saturated rings. The number of nitrogen functional groups attached to an aromatic ring is 1. The van der Waals surface area contributed by atoms with Gasteiger partial charge >= 0.3 is 0 Å². The Morgan fingerprint density at radius 2 is 2.07 bits per heavy atom. The minimum atomic E-state index is -0.680. The molecular weight excluding hydrogens is 362 g/mol. The summed E-state index contributed by atoms with van der Waals surface area (Å²) in [7, 11) is 0. The highest BCUT2D eigenvalue weighted by Gasteiger charge is 2.15. The number of aryl methyl sites for hydroxylation is 1. The number of rotatable bonds is 4. The standard InChI is InChI=1S/C17H15N9O2/c1-9-20-5-4-14(22-9)25-6-2-3-11(17(25)28)23-13-7-12(18)26-16(24-13)10(8-21-26)15(19)27/h2-8H,18H2,1H3,(H2,19,27)(H,23,24). The zero-order chi connectivity index (χ0) is 19.8. The van der Waals surface area contributed by atoms with Gasteiger partial charge in [-0.1, -0.05) is 0 Å². The van der Waals surface area contributed by atoms with E-state index in [1.54, 1.807) is 37.5 Å². The fraction of sp³-hybridized carbons (Fsp3) is 0.0588. The molecule has 28 heavy (non-hydrogen) atoms. The minimum absolute atomic E-state index is 0.122. The Kier molecular flexibility index (Phi) is 3.96. The lowest BCUT2D eigenvalue weighted by molar-refractivity contribution is 0.100. The molecule has 4 aromatic heterocycles.